The molecule has 0 radical (unpaired) electrons. The zero-order valence-corrected chi connectivity index (χ0v) is 19.8. The molecule has 0 saturated carbocycles. The summed E-state index contributed by atoms with van der Waals surface area (Å²) in [5, 5.41) is 11.9. The van der Waals surface area contributed by atoms with E-state index in [9.17, 15) is 31.2 Å². The third-order valence-corrected chi connectivity index (χ3v) is 7.04. The molecule has 1 aliphatic heterocycles. The van der Waals surface area contributed by atoms with Crippen LogP contribution in [0.1, 0.15) is 23.2 Å². The van der Waals surface area contributed by atoms with Gasteiger partial charge in [-0.1, -0.05) is 0 Å². The fourth-order valence-corrected chi connectivity index (χ4v) is 4.71. The summed E-state index contributed by atoms with van der Waals surface area (Å²) >= 11 is 0. The van der Waals surface area contributed by atoms with Gasteiger partial charge in [0.05, 0.1) is 24.3 Å². The first-order valence-electron chi connectivity index (χ1n) is 10.6. The second kappa shape index (κ2) is 9.43. The fourth-order valence-electron chi connectivity index (χ4n) is 3.86. The highest BCUT2D eigenvalue weighted by Crippen LogP contribution is 2.36. The highest BCUT2D eigenvalue weighted by Gasteiger charge is 2.37. The van der Waals surface area contributed by atoms with Gasteiger partial charge in [-0.05, 0) is 19.4 Å². The van der Waals surface area contributed by atoms with E-state index in [1.165, 1.54) is 23.3 Å². The first-order chi connectivity index (χ1) is 16.9. The summed E-state index contributed by atoms with van der Waals surface area (Å²) in [5.41, 5.74) is -0.596. The van der Waals surface area contributed by atoms with Crippen LogP contribution in [0.3, 0.4) is 0 Å². The minimum absolute atomic E-state index is 0.0464. The number of hydrogen-bond donors (Lipinski definition) is 1. The van der Waals surface area contributed by atoms with Crippen molar-refractivity contribution >= 4 is 16.0 Å². The molecule has 10 nitrogen and oxygen atoms in total. The van der Waals surface area contributed by atoms with E-state index in [1.807, 2.05) is 6.07 Å². The summed E-state index contributed by atoms with van der Waals surface area (Å²) < 4.78 is 81.6. The molecule has 190 valence electrons. The van der Waals surface area contributed by atoms with Crippen LogP contribution in [0.2, 0.25) is 0 Å². The molecule has 0 aliphatic carbocycles. The highest BCUT2D eigenvalue weighted by atomic mass is 32.2. The summed E-state index contributed by atoms with van der Waals surface area (Å²) in [5.74, 6) is -0.250. The second-order valence-electron chi connectivity index (χ2n) is 8.21. The Labute approximate surface area is 203 Å². The molecule has 3 aromatic heterocycles. The number of nitriles is 1. The molecule has 0 bridgehead atoms. The first-order valence-corrected chi connectivity index (χ1v) is 12.4. The monoisotopic (exact) mass is 524 g/mol. The van der Waals surface area contributed by atoms with Crippen molar-refractivity contribution in [2.45, 2.75) is 31.7 Å². The van der Waals surface area contributed by atoms with E-state index in [0.717, 1.165) is 10.6 Å². The topological polar surface area (TPSA) is 130 Å². The third-order valence-electron chi connectivity index (χ3n) is 5.77. The normalized spacial score (nSPS) is 19.1. The van der Waals surface area contributed by atoms with E-state index in [0.29, 0.717) is 17.4 Å². The molecule has 4 heterocycles. The predicted molar refractivity (Wildman–Crippen MR) is 120 cm³/mol. The Morgan fingerprint density at radius 3 is 2.64 bits per heavy atom. The molecule has 1 aliphatic rings. The lowest BCUT2D eigenvalue weighted by atomic mass is 10.1. The van der Waals surface area contributed by atoms with Gasteiger partial charge in [-0.25, -0.2) is 32.7 Å². The summed E-state index contributed by atoms with van der Waals surface area (Å²) in [7, 11) is -3.57. The van der Waals surface area contributed by atoms with E-state index in [4.69, 9.17) is 0 Å². The van der Waals surface area contributed by atoms with E-state index < -0.39 is 39.7 Å². The van der Waals surface area contributed by atoms with Gasteiger partial charge in [-0.15, -0.1) is 0 Å². The van der Waals surface area contributed by atoms with Crippen molar-refractivity contribution in [3.63, 3.8) is 0 Å². The van der Waals surface area contributed by atoms with Gasteiger partial charge in [0.15, 0.2) is 0 Å². The number of aromatic nitrogens is 5. The van der Waals surface area contributed by atoms with Crippen LogP contribution < -0.4 is 5.32 Å². The van der Waals surface area contributed by atoms with Gasteiger partial charge in [0.2, 0.25) is 16.0 Å². The van der Waals surface area contributed by atoms with Crippen molar-refractivity contribution < 1.29 is 26.0 Å². The molecule has 0 unspecified atom stereocenters. The van der Waals surface area contributed by atoms with E-state index in [1.54, 1.807) is 13.0 Å². The number of nitrogens with one attached hydrogen (secondary N) is 1. The van der Waals surface area contributed by atoms with Crippen molar-refractivity contribution in [1.82, 2.24) is 28.8 Å². The zero-order valence-electron chi connectivity index (χ0n) is 19.0. The number of anilines is 1. The van der Waals surface area contributed by atoms with Crippen LogP contribution in [0.15, 0.2) is 31.0 Å². The Bertz CT molecular complexity index is 1430. The van der Waals surface area contributed by atoms with Crippen molar-refractivity contribution in [1.29, 1.82) is 5.26 Å². The van der Waals surface area contributed by atoms with Gasteiger partial charge < -0.3 is 9.88 Å². The lowest BCUT2D eigenvalue weighted by Crippen LogP contribution is -2.49. The molecule has 1 saturated heterocycles. The van der Waals surface area contributed by atoms with Gasteiger partial charge in [0, 0.05) is 37.2 Å². The predicted octanol–water partition coefficient (Wildman–Crippen LogP) is 2.71. The van der Waals surface area contributed by atoms with Crippen LogP contribution in [0.5, 0.6) is 0 Å². The number of sulfonamides is 1. The third kappa shape index (κ3) is 5.14. The maximum absolute atomic E-state index is 14.6. The minimum atomic E-state index is -4.79. The van der Waals surface area contributed by atoms with Crippen LogP contribution in [-0.2, 0) is 16.2 Å². The Hall–Kier alpha value is -3.64. The lowest BCUT2D eigenvalue weighted by molar-refractivity contribution is -0.137. The quantitative estimate of drug-likeness (QED) is 0.505. The maximum Gasteiger partial charge on any atom is 0.420 e. The average molecular weight is 525 g/mol. The summed E-state index contributed by atoms with van der Waals surface area (Å²) in [6, 6.07) is 2.64. The molecule has 4 rings (SSSR count). The average Bonchev–Trinajstić information content (AvgIpc) is 3.29. The molecule has 3 aromatic rings. The number of hydrogen-bond acceptors (Lipinski definition) is 8. The molecule has 0 amide bonds. The minimum Gasteiger partial charge on any atom is -0.348 e. The molecule has 0 aromatic carbocycles. The Kier molecular flexibility index (Phi) is 6.67. The van der Waals surface area contributed by atoms with Crippen LogP contribution >= 0.6 is 0 Å². The van der Waals surface area contributed by atoms with Gasteiger partial charge in [-0.2, -0.15) is 22.7 Å². The highest BCUT2D eigenvalue weighted by molar-refractivity contribution is 7.88. The zero-order chi connectivity index (χ0) is 26.3. The smallest absolute Gasteiger partial charge is 0.348 e. The summed E-state index contributed by atoms with van der Waals surface area (Å²) in [4.78, 5) is 15.7. The number of nitrogens with zero attached hydrogens (tertiary/aromatic N) is 7. The molecule has 1 N–H and O–H groups in total. The number of piperidine rings is 1. The Balaban J connectivity index is 1.66. The Morgan fingerprint density at radius 2 is 2.00 bits per heavy atom. The fraction of sp³-hybridized carbons (Fsp3) is 0.381. The van der Waals surface area contributed by atoms with Gasteiger partial charge in [-0.3, -0.25) is 0 Å². The van der Waals surface area contributed by atoms with Gasteiger partial charge >= 0.3 is 6.18 Å². The van der Waals surface area contributed by atoms with Crippen LogP contribution in [0.25, 0.3) is 17.1 Å². The van der Waals surface area contributed by atoms with Crippen molar-refractivity contribution in [2.24, 2.45) is 0 Å². The molecular weight excluding hydrogens is 504 g/mol. The van der Waals surface area contributed by atoms with E-state index >= 15 is 0 Å². The first kappa shape index (κ1) is 25.5. The second-order valence-corrected chi connectivity index (χ2v) is 10.2. The molecule has 1 fully saturated rings. The molecule has 2 atom stereocenters. The Morgan fingerprint density at radius 1 is 1.25 bits per heavy atom. The van der Waals surface area contributed by atoms with E-state index in [-0.39, 0.29) is 36.8 Å². The number of alkyl halides is 4. The van der Waals surface area contributed by atoms with Crippen molar-refractivity contribution in [3.05, 3.63) is 47.8 Å². The number of rotatable bonds is 5. The van der Waals surface area contributed by atoms with Crippen LogP contribution in [0.4, 0.5) is 23.5 Å². The van der Waals surface area contributed by atoms with Crippen molar-refractivity contribution in [2.75, 3.05) is 24.7 Å². The van der Waals surface area contributed by atoms with Crippen molar-refractivity contribution in [3.8, 4) is 23.1 Å². The van der Waals surface area contributed by atoms with Gasteiger partial charge in [0.25, 0.3) is 0 Å². The standard InChI is InChI=1S/C21H20F4N8O2S/c1-12-16(7-26)27-5-3-18(12)32-10-17(29-11-32)19-13(21(23,24)25)8-28-20(31-19)30-15-4-6-33(9-14(15)22)36(2,34)35/h3,5,8,10-11,14-15H,4,6,9H2,1-2H3,(H,28,30,31)/t14-,15+/m1/s1. The SMILES string of the molecule is Cc1c(-n2cnc(-c3nc(N[C@H]4CCN(S(C)(=O)=O)C[C@H]4F)ncc3C(F)(F)F)c2)ccnc1C#N. The number of imidazole rings is 1. The van der Waals surface area contributed by atoms with Crippen LogP contribution in [0, 0.1) is 18.3 Å². The summed E-state index contributed by atoms with van der Waals surface area (Å²) in [6.07, 6.45) is -0.754. The molecule has 36 heavy (non-hydrogen) atoms. The lowest BCUT2D eigenvalue weighted by Gasteiger charge is -2.33. The van der Waals surface area contributed by atoms with E-state index in [2.05, 4.69) is 25.3 Å². The molecule has 15 heteroatoms. The molecular formula is C21H20F4N8O2S. The summed E-state index contributed by atoms with van der Waals surface area (Å²) in [6.45, 7) is 1.31. The number of pyridine rings is 1. The van der Waals surface area contributed by atoms with Crippen LogP contribution in [-0.4, -0.2) is 68.8 Å². The van der Waals surface area contributed by atoms with Gasteiger partial charge in [0.1, 0.15) is 34.9 Å². The molecule has 0 spiro atoms. The largest absolute Gasteiger partial charge is 0.420 e. The maximum atomic E-state index is 14.6. The number of halogens is 4.